The molecule has 1 unspecified atom stereocenters. The van der Waals surface area contributed by atoms with E-state index in [1.807, 2.05) is 23.5 Å². The van der Waals surface area contributed by atoms with Gasteiger partial charge >= 0.3 is 0 Å². The molecule has 0 fully saturated rings. The molecule has 0 radical (unpaired) electrons. The number of aromatic nitrogens is 1. The molecule has 8 aromatic carbocycles. The van der Waals surface area contributed by atoms with Crippen LogP contribution in [0.1, 0.15) is 22.6 Å². The molecule has 0 saturated carbocycles. The lowest BCUT2D eigenvalue weighted by molar-refractivity contribution is 0.415. The van der Waals surface area contributed by atoms with E-state index in [1.165, 1.54) is 80.9 Å². The first-order valence-electron chi connectivity index (χ1n) is 18.1. The molecule has 2 nitrogen and oxygen atoms in total. The minimum Gasteiger partial charge on any atom is -0.497 e. The predicted molar refractivity (Wildman–Crippen MR) is 225 cm³/mol. The highest BCUT2D eigenvalue weighted by molar-refractivity contribution is 7.25. The number of methoxy groups -OCH3 is 1. The van der Waals surface area contributed by atoms with Gasteiger partial charge in [-0.1, -0.05) is 127 Å². The molecule has 0 aliphatic heterocycles. The molecule has 3 heteroatoms. The Hall–Kier alpha value is -6.42. The van der Waals surface area contributed by atoms with Crippen molar-refractivity contribution in [2.45, 2.75) is 5.92 Å². The second-order valence-corrected chi connectivity index (χ2v) is 14.8. The largest absolute Gasteiger partial charge is 0.497 e. The summed E-state index contributed by atoms with van der Waals surface area (Å²) >= 11 is 1.87. The van der Waals surface area contributed by atoms with Crippen LogP contribution in [0.3, 0.4) is 0 Å². The van der Waals surface area contributed by atoms with Crippen LogP contribution in [0.15, 0.2) is 188 Å². The fourth-order valence-electron chi connectivity index (χ4n) is 8.03. The Morgan fingerprint density at radius 3 is 1.72 bits per heavy atom. The monoisotopic (exact) mass is 697 g/mol. The van der Waals surface area contributed by atoms with Gasteiger partial charge in [0.05, 0.1) is 18.1 Å². The molecule has 252 valence electrons. The van der Waals surface area contributed by atoms with E-state index < -0.39 is 0 Å². The second kappa shape index (κ2) is 13.0. The molecule has 0 aliphatic rings. The summed E-state index contributed by atoms with van der Waals surface area (Å²) in [6.45, 7) is 0. The van der Waals surface area contributed by atoms with E-state index in [4.69, 9.17) is 4.74 Å². The Bertz CT molecular complexity index is 2900. The van der Waals surface area contributed by atoms with Crippen molar-refractivity contribution < 1.29 is 4.74 Å². The number of nitrogens with zero attached hydrogens (tertiary/aromatic N) is 1. The Morgan fingerprint density at radius 2 is 0.981 bits per heavy atom. The Morgan fingerprint density at radius 1 is 0.415 bits per heavy atom. The molecule has 0 saturated heterocycles. The highest BCUT2D eigenvalue weighted by Gasteiger charge is 2.20. The highest BCUT2D eigenvalue weighted by atomic mass is 32.1. The number of benzene rings is 8. The van der Waals surface area contributed by atoms with Gasteiger partial charge in [-0.05, 0) is 99.6 Å². The normalized spacial score (nSPS) is 12.2. The van der Waals surface area contributed by atoms with Gasteiger partial charge in [0.25, 0.3) is 0 Å². The van der Waals surface area contributed by atoms with E-state index in [-0.39, 0.29) is 5.92 Å². The highest BCUT2D eigenvalue weighted by Crippen LogP contribution is 2.41. The van der Waals surface area contributed by atoms with Crippen LogP contribution in [-0.4, -0.2) is 11.7 Å². The van der Waals surface area contributed by atoms with Crippen LogP contribution in [-0.2, 0) is 0 Å². The maximum Gasteiger partial charge on any atom is 0.119 e. The van der Waals surface area contributed by atoms with Crippen LogP contribution in [0.4, 0.5) is 0 Å². The number of fused-ring (bicyclic) bond motifs is 6. The van der Waals surface area contributed by atoms with Crippen molar-refractivity contribution >= 4 is 53.3 Å². The van der Waals surface area contributed by atoms with Crippen molar-refractivity contribution in [3.05, 3.63) is 205 Å². The minimum atomic E-state index is 0.0851. The minimum absolute atomic E-state index is 0.0851. The average molecular weight is 698 g/mol. The lowest BCUT2D eigenvalue weighted by Crippen LogP contribution is -2.03. The summed E-state index contributed by atoms with van der Waals surface area (Å²) in [7, 11) is 1.71. The molecule has 2 heterocycles. The summed E-state index contributed by atoms with van der Waals surface area (Å²) in [6, 6.07) is 68.7. The van der Waals surface area contributed by atoms with Crippen molar-refractivity contribution in [1.29, 1.82) is 0 Å². The number of rotatable bonds is 7. The zero-order chi connectivity index (χ0) is 35.3. The summed E-state index contributed by atoms with van der Waals surface area (Å²) in [6.07, 6.45) is 0. The fourth-order valence-corrected chi connectivity index (χ4v) is 9.12. The van der Waals surface area contributed by atoms with Gasteiger partial charge < -0.3 is 9.30 Å². The molecule has 0 N–H and O–H groups in total. The number of para-hydroxylation sites is 1. The molecule has 0 bridgehead atoms. The quantitative estimate of drug-likeness (QED) is 0.151. The van der Waals surface area contributed by atoms with E-state index in [0.717, 1.165) is 11.4 Å². The molecular weight excluding hydrogens is 663 g/mol. The maximum atomic E-state index is 5.44. The summed E-state index contributed by atoms with van der Waals surface area (Å²) in [5.41, 5.74) is 12.2. The maximum absolute atomic E-state index is 5.44. The summed E-state index contributed by atoms with van der Waals surface area (Å²) in [4.78, 5) is 0. The zero-order valence-electron chi connectivity index (χ0n) is 29.2. The second-order valence-electron chi connectivity index (χ2n) is 13.7. The van der Waals surface area contributed by atoms with Gasteiger partial charge in [-0.2, -0.15) is 0 Å². The van der Waals surface area contributed by atoms with Crippen molar-refractivity contribution in [1.82, 2.24) is 4.57 Å². The van der Waals surface area contributed by atoms with Crippen molar-refractivity contribution in [2.24, 2.45) is 0 Å². The van der Waals surface area contributed by atoms with Crippen LogP contribution >= 0.6 is 11.3 Å². The third kappa shape index (κ3) is 5.49. The molecule has 0 spiro atoms. The molecule has 0 amide bonds. The first kappa shape index (κ1) is 31.3. The van der Waals surface area contributed by atoms with Crippen LogP contribution in [0.25, 0.3) is 69.9 Å². The molecule has 0 aliphatic carbocycles. The van der Waals surface area contributed by atoms with E-state index >= 15 is 0 Å². The topological polar surface area (TPSA) is 14.2 Å². The molecule has 10 rings (SSSR count). The van der Waals surface area contributed by atoms with Crippen molar-refractivity contribution in [3.63, 3.8) is 0 Å². The van der Waals surface area contributed by atoms with Gasteiger partial charge in [0, 0.05) is 42.6 Å². The third-order valence-corrected chi connectivity index (χ3v) is 11.8. The van der Waals surface area contributed by atoms with E-state index in [0.29, 0.717) is 0 Å². The van der Waals surface area contributed by atoms with Crippen molar-refractivity contribution in [3.8, 4) is 33.7 Å². The summed E-state index contributed by atoms with van der Waals surface area (Å²) < 4.78 is 10.4. The van der Waals surface area contributed by atoms with Gasteiger partial charge in [0.1, 0.15) is 5.75 Å². The SMILES string of the molecule is COc1ccc(-n2c3ccccc3c3cc(-c4ccc(C(c5ccc(-c6ccccc6)cc5)c5ccc6sc7ccccc7c6c5)cc4)ccc32)cc1. The van der Waals surface area contributed by atoms with Crippen LogP contribution in [0, 0.1) is 0 Å². The lowest BCUT2D eigenvalue weighted by atomic mass is 9.83. The Balaban J connectivity index is 1.06. The van der Waals surface area contributed by atoms with Crippen LogP contribution < -0.4 is 4.74 Å². The first-order valence-corrected chi connectivity index (χ1v) is 18.9. The van der Waals surface area contributed by atoms with E-state index in [1.54, 1.807) is 7.11 Å². The summed E-state index contributed by atoms with van der Waals surface area (Å²) in [5.74, 6) is 0.939. The van der Waals surface area contributed by atoms with E-state index in [2.05, 4.69) is 180 Å². The predicted octanol–water partition coefficient (Wildman–Crippen LogP) is 13.7. The smallest absolute Gasteiger partial charge is 0.119 e. The van der Waals surface area contributed by atoms with E-state index in [9.17, 15) is 0 Å². The van der Waals surface area contributed by atoms with Crippen LogP contribution in [0.5, 0.6) is 5.75 Å². The van der Waals surface area contributed by atoms with Gasteiger partial charge in [-0.25, -0.2) is 0 Å². The van der Waals surface area contributed by atoms with Gasteiger partial charge in [0.15, 0.2) is 0 Å². The molecule has 1 atom stereocenters. The third-order valence-electron chi connectivity index (χ3n) is 10.7. The molecule has 53 heavy (non-hydrogen) atoms. The number of hydrogen-bond acceptors (Lipinski definition) is 2. The fraction of sp³-hybridized carbons (Fsp3) is 0.0400. The first-order chi connectivity index (χ1) is 26.2. The zero-order valence-corrected chi connectivity index (χ0v) is 30.1. The Labute approximate surface area is 312 Å². The van der Waals surface area contributed by atoms with Gasteiger partial charge in [-0.15, -0.1) is 11.3 Å². The van der Waals surface area contributed by atoms with Gasteiger partial charge in [-0.3, -0.25) is 0 Å². The number of ether oxygens (including phenoxy) is 1. The summed E-state index contributed by atoms with van der Waals surface area (Å²) in [5, 5.41) is 5.14. The molecular formula is C50H35NOS. The lowest BCUT2D eigenvalue weighted by Gasteiger charge is -2.20. The van der Waals surface area contributed by atoms with Gasteiger partial charge in [0.2, 0.25) is 0 Å². The average Bonchev–Trinajstić information content (AvgIpc) is 3.77. The number of thiophene rings is 1. The van der Waals surface area contributed by atoms with Crippen LogP contribution in [0.2, 0.25) is 0 Å². The molecule has 10 aromatic rings. The Kier molecular flexibility index (Phi) is 7.66. The standard InChI is InChI=1S/C50H35NOS/c1-52-41-27-25-40(26-28-41)51-46-13-7-5-11-42(46)44-31-38(23-29-47(44)51)35-17-21-37(22-18-35)50(36-19-15-34(16-20-36)33-9-3-2-4-10-33)39-24-30-49-45(32-39)43-12-6-8-14-48(43)53-49/h2-32,50H,1H3. The molecule has 2 aromatic heterocycles. The van der Waals surface area contributed by atoms with Crippen molar-refractivity contribution in [2.75, 3.05) is 7.11 Å². The number of hydrogen-bond donors (Lipinski definition) is 0.